The minimum Gasteiger partial charge on any atom is -0.379 e. The summed E-state index contributed by atoms with van der Waals surface area (Å²) in [5.41, 5.74) is 8.27. The summed E-state index contributed by atoms with van der Waals surface area (Å²) in [4.78, 5) is 14.9. The number of nitrogens with zero attached hydrogens (tertiary/aromatic N) is 6. The van der Waals surface area contributed by atoms with Crippen molar-refractivity contribution < 1.29 is 28.5 Å². The molecule has 2 N–H and O–H groups in total. The first-order valence-corrected chi connectivity index (χ1v) is 12.0. The van der Waals surface area contributed by atoms with Gasteiger partial charge in [0.15, 0.2) is 5.82 Å². The van der Waals surface area contributed by atoms with Gasteiger partial charge in [0.25, 0.3) is 0 Å². The van der Waals surface area contributed by atoms with E-state index in [1.165, 1.54) is 0 Å². The van der Waals surface area contributed by atoms with Crippen LogP contribution in [0.15, 0.2) is 29.4 Å². The minimum atomic E-state index is -0.0851. The summed E-state index contributed by atoms with van der Waals surface area (Å²) in [6, 6.07) is 7.54. The van der Waals surface area contributed by atoms with E-state index in [0.717, 1.165) is 11.1 Å². The Morgan fingerprint density at radius 3 is 1.86 bits per heavy atom. The third kappa shape index (κ3) is 14.8. The van der Waals surface area contributed by atoms with E-state index >= 15 is 0 Å². The molecule has 1 heterocycles. The topological polar surface area (TPSA) is 177 Å². The zero-order valence-corrected chi connectivity index (χ0v) is 21.1. The number of hydrogen-bond donors (Lipinski definition) is 2. The minimum absolute atomic E-state index is 0.0851. The summed E-state index contributed by atoms with van der Waals surface area (Å²) < 4.78 is 26.9. The zero-order chi connectivity index (χ0) is 26.4. The molecular formula is C23H35N8O6+. The first kappa shape index (κ1) is 30.0. The van der Waals surface area contributed by atoms with E-state index in [1.54, 1.807) is 6.92 Å². The first-order valence-electron chi connectivity index (χ1n) is 12.0. The molecule has 37 heavy (non-hydrogen) atoms. The predicted molar refractivity (Wildman–Crippen MR) is 131 cm³/mol. The highest BCUT2D eigenvalue weighted by molar-refractivity contribution is 5.75. The van der Waals surface area contributed by atoms with Gasteiger partial charge in [-0.25, -0.2) is 0 Å². The number of ether oxygens (including phenoxy) is 5. The standard InChI is InChI=1S/C23H34N8O6/c1-19-27-29-23(30-28-19)21-4-2-20(3-5-21)18-25-22(32)6-8-33-10-12-35-14-16-37-17-15-36-13-11-34-9-7-26-31-24/h2-5,24H,6-18H2,1H3/p+1. The van der Waals surface area contributed by atoms with Crippen LogP contribution in [0.5, 0.6) is 0 Å². The molecule has 0 aliphatic carbocycles. The number of rotatable bonds is 21. The number of carbonyl (C=O) groups is 1. The van der Waals surface area contributed by atoms with Crippen molar-refractivity contribution in [2.75, 3.05) is 72.6 Å². The number of amides is 1. The Bertz CT molecular complexity index is 926. The number of carbonyl (C=O) groups excluding carboxylic acids is 1. The molecule has 14 nitrogen and oxygen atoms in total. The quantitative estimate of drug-likeness (QED) is 0.137. The summed E-state index contributed by atoms with van der Waals surface area (Å²) >= 11 is 0. The highest BCUT2D eigenvalue weighted by Gasteiger charge is 2.05. The van der Waals surface area contributed by atoms with E-state index in [9.17, 15) is 4.79 Å². The van der Waals surface area contributed by atoms with Crippen LogP contribution < -0.4 is 10.2 Å². The maximum absolute atomic E-state index is 12.0. The molecule has 1 aromatic carbocycles. The molecule has 0 aliphatic rings. The lowest BCUT2D eigenvalue weighted by Gasteiger charge is -2.08. The smallest absolute Gasteiger partial charge is 0.222 e. The highest BCUT2D eigenvalue weighted by Crippen LogP contribution is 2.13. The van der Waals surface area contributed by atoms with Crippen LogP contribution in [-0.4, -0.2) is 98.9 Å². The molecule has 0 aliphatic heterocycles. The van der Waals surface area contributed by atoms with Crippen LogP contribution in [-0.2, 0) is 35.0 Å². The molecule has 1 amide bonds. The number of nitrogens with one attached hydrogen (secondary N) is 2. The number of benzene rings is 1. The molecule has 0 unspecified atom stereocenters. The summed E-state index contributed by atoms with van der Waals surface area (Å²) in [7, 11) is 0. The maximum Gasteiger partial charge on any atom is 0.222 e. The van der Waals surface area contributed by atoms with Crippen LogP contribution in [0.2, 0.25) is 0 Å². The molecule has 2 rings (SSSR count). The molecule has 2 aromatic rings. The van der Waals surface area contributed by atoms with Gasteiger partial charge in [-0.15, -0.1) is 20.4 Å². The number of aryl methyl sites for hydroxylation is 1. The molecule has 1 aromatic heterocycles. The molecule has 202 valence electrons. The van der Waals surface area contributed by atoms with Crippen molar-refractivity contribution in [1.82, 2.24) is 30.6 Å². The summed E-state index contributed by atoms with van der Waals surface area (Å²) in [6.45, 7) is 6.94. The van der Waals surface area contributed by atoms with Crippen molar-refractivity contribution >= 4 is 5.91 Å². The molecule has 0 fully saturated rings. The molecule has 0 spiro atoms. The van der Waals surface area contributed by atoms with Crippen molar-refractivity contribution in [3.63, 3.8) is 0 Å². The first-order chi connectivity index (χ1) is 18.2. The van der Waals surface area contributed by atoms with Gasteiger partial charge in [0.05, 0.1) is 66.1 Å². The summed E-state index contributed by atoms with van der Waals surface area (Å²) in [6.07, 6.45) is 0.275. The zero-order valence-electron chi connectivity index (χ0n) is 21.1. The molecule has 0 atom stereocenters. The predicted octanol–water partition coefficient (Wildman–Crippen LogP) is 0.882. The third-order valence-electron chi connectivity index (χ3n) is 4.65. The second-order valence-corrected chi connectivity index (χ2v) is 7.52. The Kier molecular flexibility index (Phi) is 16.1. The largest absolute Gasteiger partial charge is 0.379 e. The molecule has 0 saturated heterocycles. The fraction of sp³-hybridized carbons (Fsp3) is 0.609. The van der Waals surface area contributed by atoms with E-state index in [4.69, 9.17) is 29.2 Å². The van der Waals surface area contributed by atoms with Crippen LogP contribution in [0.25, 0.3) is 11.4 Å². The van der Waals surface area contributed by atoms with Gasteiger partial charge in [-0.1, -0.05) is 24.3 Å². The van der Waals surface area contributed by atoms with Crippen LogP contribution in [0.4, 0.5) is 0 Å². The van der Waals surface area contributed by atoms with E-state index in [1.807, 2.05) is 24.3 Å². The maximum atomic E-state index is 12.0. The monoisotopic (exact) mass is 519 g/mol. The Morgan fingerprint density at radius 2 is 1.32 bits per heavy atom. The van der Waals surface area contributed by atoms with Gasteiger partial charge in [-0.05, 0) is 12.5 Å². The molecule has 14 heteroatoms. The molecule has 0 radical (unpaired) electrons. The van der Waals surface area contributed by atoms with E-state index in [-0.39, 0.29) is 12.3 Å². The number of aromatic nitrogens is 4. The highest BCUT2D eigenvalue weighted by atomic mass is 16.6. The van der Waals surface area contributed by atoms with Crippen molar-refractivity contribution in [3.05, 3.63) is 35.7 Å². The Morgan fingerprint density at radius 1 is 0.811 bits per heavy atom. The van der Waals surface area contributed by atoms with Gasteiger partial charge in [-0.2, -0.15) is 0 Å². The Balaban J connectivity index is 1.36. The van der Waals surface area contributed by atoms with E-state index < -0.39 is 0 Å². The second kappa shape index (κ2) is 19.9. The fourth-order valence-electron chi connectivity index (χ4n) is 2.76. The van der Waals surface area contributed by atoms with Crippen molar-refractivity contribution in [3.8, 4) is 11.4 Å². The number of hydrogen-bond acceptors (Lipinski definition) is 12. The van der Waals surface area contributed by atoms with Gasteiger partial charge >= 0.3 is 0 Å². The van der Waals surface area contributed by atoms with Gasteiger partial charge in [-0.3, -0.25) is 4.79 Å². The van der Waals surface area contributed by atoms with Gasteiger partial charge in [0.2, 0.25) is 16.6 Å². The summed E-state index contributed by atoms with van der Waals surface area (Å²) in [5.74, 6) is 0.892. The van der Waals surface area contributed by atoms with E-state index in [0.29, 0.717) is 90.8 Å². The van der Waals surface area contributed by atoms with Gasteiger partial charge in [0.1, 0.15) is 17.2 Å². The van der Waals surface area contributed by atoms with Crippen LogP contribution in [0.1, 0.15) is 17.8 Å². The van der Waals surface area contributed by atoms with E-state index in [2.05, 4.69) is 35.7 Å². The lowest BCUT2D eigenvalue weighted by Crippen LogP contribution is -2.24. The van der Waals surface area contributed by atoms with Gasteiger partial charge in [0, 0.05) is 18.5 Å². The Labute approximate surface area is 215 Å². The fourth-order valence-corrected chi connectivity index (χ4v) is 2.76. The lowest BCUT2D eigenvalue weighted by atomic mass is 10.1. The van der Waals surface area contributed by atoms with Crippen molar-refractivity contribution in [2.24, 2.45) is 5.11 Å². The van der Waals surface area contributed by atoms with Crippen LogP contribution in [0, 0.1) is 12.5 Å². The normalized spacial score (nSPS) is 10.7. The van der Waals surface area contributed by atoms with Gasteiger partial charge < -0.3 is 29.0 Å². The molecule has 0 saturated carbocycles. The van der Waals surface area contributed by atoms with Crippen molar-refractivity contribution in [1.29, 1.82) is 5.53 Å². The molecule has 0 bridgehead atoms. The average molecular weight is 520 g/mol. The van der Waals surface area contributed by atoms with Crippen molar-refractivity contribution in [2.45, 2.75) is 19.9 Å². The second-order valence-electron chi connectivity index (χ2n) is 7.52. The molecular weight excluding hydrogens is 484 g/mol. The Hall–Kier alpha value is -3.26. The average Bonchev–Trinajstić information content (AvgIpc) is 2.92. The van der Waals surface area contributed by atoms with Crippen LogP contribution in [0.3, 0.4) is 0 Å². The lowest BCUT2D eigenvalue weighted by molar-refractivity contribution is -0.122. The SMILES string of the molecule is Cc1nnc(-c2ccc(CNC(=O)CCOCCOCCOCCOCCOCCN=[N+]=N)cc2)nn1. The summed E-state index contributed by atoms with van der Waals surface area (Å²) in [5, 5.41) is 22.2. The van der Waals surface area contributed by atoms with Crippen LogP contribution >= 0.6 is 0 Å². The third-order valence-corrected chi connectivity index (χ3v) is 4.65.